The van der Waals surface area contributed by atoms with Crippen LogP contribution in [0.15, 0.2) is 40.9 Å². The first-order valence-electron chi connectivity index (χ1n) is 5.44. The van der Waals surface area contributed by atoms with Crippen LogP contribution in [-0.4, -0.2) is 7.11 Å². The Morgan fingerprint density at radius 3 is 2.42 bits per heavy atom. The maximum Gasteiger partial charge on any atom is 0.165 e. The fourth-order valence-electron chi connectivity index (χ4n) is 1.75. The number of benzene rings is 2. The van der Waals surface area contributed by atoms with E-state index in [1.165, 1.54) is 31.4 Å². The number of halogens is 4. The molecule has 0 spiro atoms. The lowest BCUT2D eigenvalue weighted by Crippen LogP contribution is -1.97. The van der Waals surface area contributed by atoms with Gasteiger partial charge in [-0.2, -0.15) is 0 Å². The normalized spacial score (nSPS) is 12.3. The Morgan fingerprint density at radius 2 is 1.84 bits per heavy atom. The second kappa shape index (κ2) is 5.88. The van der Waals surface area contributed by atoms with E-state index in [9.17, 15) is 8.78 Å². The number of rotatable bonds is 3. The molecule has 0 saturated carbocycles. The fraction of sp³-hybridized carbons (Fsp3) is 0.143. The van der Waals surface area contributed by atoms with Crippen molar-refractivity contribution >= 4 is 27.5 Å². The molecule has 1 atom stereocenters. The number of ether oxygens (including phenoxy) is 1. The lowest BCUT2D eigenvalue weighted by molar-refractivity contribution is 0.386. The molecule has 100 valence electrons. The third kappa shape index (κ3) is 3.25. The van der Waals surface area contributed by atoms with E-state index in [-0.39, 0.29) is 5.75 Å². The van der Waals surface area contributed by atoms with Crippen molar-refractivity contribution in [3.05, 3.63) is 63.6 Å². The molecule has 2 rings (SSSR count). The lowest BCUT2D eigenvalue weighted by atomic mass is 10.0. The van der Waals surface area contributed by atoms with E-state index in [4.69, 9.17) is 16.3 Å². The molecule has 0 aliphatic heterocycles. The largest absolute Gasteiger partial charge is 0.494 e. The van der Waals surface area contributed by atoms with Crippen LogP contribution >= 0.6 is 27.5 Å². The quantitative estimate of drug-likeness (QED) is 0.705. The molecule has 1 nitrogen and oxygen atoms in total. The van der Waals surface area contributed by atoms with Gasteiger partial charge in [0, 0.05) is 4.47 Å². The summed E-state index contributed by atoms with van der Waals surface area (Å²) >= 11 is 9.45. The van der Waals surface area contributed by atoms with E-state index < -0.39 is 17.0 Å². The van der Waals surface area contributed by atoms with Gasteiger partial charge >= 0.3 is 0 Å². The van der Waals surface area contributed by atoms with Gasteiger partial charge in [-0.1, -0.05) is 22.0 Å². The zero-order chi connectivity index (χ0) is 14.0. The van der Waals surface area contributed by atoms with Crippen molar-refractivity contribution in [1.29, 1.82) is 0 Å². The van der Waals surface area contributed by atoms with Gasteiger partial charge in [0.1, 0.15) is 5.82 Å². The SMILES string of the molecule is COc1ccc(C(Cl)c2cc(F)cc(Br)c2)cc1F. The minimum atomic E-state index is -0.632. The van der Waals surface area contributed by atoms with Crippen LogP contribution in [0.2, 0.25) is 0 Å². The highest BCUT2D eigenvalue weighted by Gasteiger charge is 2.15. The van der Waals surface area contributed by atoms with Crippen LogP contribution in [0.1, 0.15) is 16.5 Å². The molecule has 0 aromatic heterocycles. The Bertz CT molecular complexity index is 584. The zero-order valence-corrected chi connectivity index (χ0v) is 12.3. The molecular weight excluding hydrogens is 338 g/mol. The smallest absolute Gasteiger partial charge is 0.165 e. The Balaban J connectivity index is 2.38. The highest BCUT2D eigenvalue weighted by atomic mass is 79.9. The fourth-order valence-corrected chi connectivity index (χ4v) is 2.50. The lowest BCUT2D eigenvalue weighted by Gasteiger charge is -2.12. The van der Waals surface area contributed by atoms with Gasteiger partial charge < -0.3 is 4.74 Å². The van der Waals surface area contributed by atoms with E-state index in [0.717, 1.165) is 0 Å². The van der Waals surface area contributed by atoms with Gasteiger partial charge in [0.2, 0.25) is 0 Å². The molecule has 2 aromatic rings. The molecular formula is C14H10BrClF2O. The summed E-state index contributed by atoms with van der Waals surface area (Å²) in [6.07, 6.45) is 0. The highest BCUT2D eigenvalue weighted by molar-refractivity contribution is 9.10. The molecule has 0 fully saturated rings. The van der Waals surface area contributed by atoms with Gasteiger partial charge in [0.25, 0.3) is 0 Å². The summed E-state index contributed by atoms with van der Waals surface area (Å²) in [6.45, 7) is 0. The third-order valence-electron chi connectivity index (χ3n) is 2.65. The number of hydrogen-bond donors (Lipinski definition) is 0. The van der Waals surface area contributed by atoms with Crippen molar-refractivity contribution in [1.82, 2.24) is 0 Å². The van der Waals surface area contributed by atoms with E-state index in [0.29, 0.717) is 15.6 Å². The molecule has 0 aliphatic rings. The average molecular weight is 348 g/mol. The molecule has 0 saturated heterocycles. The van der Waals surface area contributed by atoms with Crippen LogP contribution in [0.5, 0.6) is 5.75 Å². The maximum absolute atomic E-state index is 13.6. The van der Waals surface area contributed by atoms with Crippen molar-refractivity contribution in [3.63, 3.8) is 0 Å². The number of hydrogen-bond acceptors (Lipinski definition) is 1. The Kier molecular flexibility index (Phi) is 4.42. The Hall–Kier alpha value is -1.13. The molecule has 2 aromatic carbocycles. The summed E-state index contributed by atoms with van der Waals surface area (Å²) in [5.74, 6) is -0.752. The summed E-state index contributed by atoms with van der Waals surface area (Å²) in [4.78, 5) is 0. The molecule has 0 bridgehead atoms. The predicted molar refractivity (Wildman–Crippen MR) is 74.7 cm³/mol. The van der Waals surface area contributed by atoms with Crippen molar-refractivity contribution in [3.8, 4) is 5.75 Å². The van der Waals surface area contributed by atoms with Crippen molar-refractivity contribution in [2.24, 2.45) is 0 Å². The van der Waals surface area contributed by atoms with Crippen LogP contribution in [0, 0.1) is 11.6 Å². The van der Waals surface area contributed by atoms with Gasteiger partial charge in [-0.3, -0.25) is 0 Å². The van der Waals surface area contributed by atoms with E-state index >= 15 is 0 Å². The van der Waals surface area contributed by atoms with Crippen LogP contribution in [-0.2, 0) is 0 Å². The molecule has 0 radical (unpaired) electrons. The second-order valence-electron chi connectivity index (χ2n) is 3.96. The van der Waals surface area contributed by atoms with Gasteiger partial charge in [-0.25, -0.2) is 8.78 Å². The van der Waals surface area contributed by atoms with E-state index in [1.54, 1.807) is 12.1 Å². The first kappa shape index (κ1) is 14.3. The van der Waals surface area contributed by atoms with Crippen LogP contribution in [0.3, 0.4) is 0 Å². The first-order valence-corrected chi connectivity index (χ1v) is 6.67. The molecule has 5 heteroatoms. The summed E-state index contributed by atoms with van der Waals surface area (Å²) < 4.78 is 32.4. The summed E-state index contributed by atoms with van der Waals surface area (Å²) in [5.41, 5.74) is 1.09. The van der Waals surface area contributed by atoms with Crippen LogP contribution in [0.4, 0.5) is 8.78 Å². The van der Waals surface area contributed by atoms with E-state index in [1.807, 2.05) is 0 Å². The molecule has 19 heavy (non-hydrogen) atoms. The van der Waals surface area contributed by atoms with Crippen molar-refractivity contribution < 1.29 is 13.5 Å². The standard InChI is InChI=1S/C14H10BrClF2O/c1-19-13-3-2-8(6-12(13)18)14(16)9-4-10(15)7-11(17)5-9/h2-7,14H,1H3. The number of alkyl halides is 1. The minimum absolute atomic E-state index is 0.146. The molecule has 0 aliphatic carbocycles. The zero-order valence-electron chi connectivity index (χ0n) is 9.96. The van der Waals surface area contributed by atoms with Gasteiger partial charge in [0.05, 0.1) is 12.5 Å². The maximum atomic E-state index is 13.6. The van der Waals surface area contributed by atoms with Crippen LogP contribution < -0.4 is 4.74 Å². The van der Waals surface area contributed by atoms with Gasteiger partial charge in [0.15, 0.2) is 11.6 Å². The minimum Gasteiger partial charge on any atom is -0.494 e. The van der Waals surface area contributed by atoms with Gasteiger partial charge in [-0.05, 0) is 41.5 Å². The van der Waals surface area contributed by atoms with Gasteiger partial charge in [-0.15, -0.1) is 11.6 Å². The summed E-state index contributed by atoms with van der Waals surface area (Å²) in [7, 11) is 1.39. The summed E-state index contributed by atoms with van der Waals surface area (Å²) in [5, 5.41) is -0.632. The Morgan fingerprint density at radius 1 is 1.11 bits per heavy atom. The molecule has 0 amide bonds. The average Bonchev–Trinajstić information content (AvgIpc) is 2.36. The van der Waals surface area contributed by atoms with Crippen molar-refractivity contribution in [2.75, 3.05) is 7.11 Å². The second-order valence-corrected chi connectivity index (χ2v) is 5.31. The molecule has 0 heterocycles. The monoisotopic (exact) mass is 346 g/mol. The number of methoxy groups -OCH3 is 1. The Labute approximate surface area is 123 Å². The first-order chi connectivity index (χ1) is 9.01. The van der Waals surface area contributed by atoms with Crippen LogP contribution in [0.25, 0.3) is 0 Å². The third-order valence-corrected chi connectivity index (χ3v) is 3.61. The van der Waals surface area contributed by atoms with E-state index in [2.05, 4.69) is 15.9 Å². The van der Waals surface area contributed by atoms with Crippen molar-refractivity contribution in [2.45, 2.75) is 5.38 Å². The predicted octanol–water partition coefficient (Wildman–Crippen LogP) is 5.06. The highest BCUT2D eigenvalue weighted by Crippen LogP contribution is 2.33. The molecule has 0 N–H and O–H groups in total. The summed E-state index contributed by atoms with van der Waals surface area (Å²) in [6, 6.07) is 8.79. The topological polar surface area (TPSA) is 9.23 Å². The molecule has 1 unspecified atom stereocenters.